The van der Waals surface area contributed by atoms with Crippen LogP contribution in [0.3, 0.4) is 0 Å². The predicted molar refractivity (Wildman–Crippen MR) is 198 cm³/mol. The van der Waals surface area contributed by atoms with Crippen LogP contribution in [0, 0.1) is 0 Å². The molecule has 4 nitrogen and oxygen atoms in total. The number of aliphatic hydroxyl groups excluding tert-OH is 2. The number of nitrogens with one attached hydrogen (secondary N) is 1. The Morgan fingerprint density at radius 1 is 0.511 bits per heavy atom. The Labute approximate surface area is 281 Å². The van der Waals surface area contributed by atoms with Crippen LogP contribution >= 0.6 is 0 Å². The summed E-state index contributed by atoms with van der Waals surface area (Å²) < 4.78 is 0. The number of amides is 1. The first kappa shape index (κ1) is 43.9. The van der Waals surface area contributed by atoms with E-state index in [1.54, 1.807) is 6.08 Å². The van der Waals surface area contributed by atoms with Gasteiger partial charge in [-0.25, -0.2) is 0 Å². The number of rotatable bonds is 36. The normalized spacial score (nSPS) is 13.2. The predicted octanol–water partition coefficient (Wildman–Crippen LogP) is 12.1. The zero-order valence-corrected chi connectivity index (χ0v) is 30.4. The molecule has 0 spiro atoms. The standard InChI is InChI=1S/C41H79NO3/c1-3-5-7-9-11-13-15-16-17-18-19-20-21-22-23-24-25-27-29-31-33-35-37-41(45)42-39(38-43)40(44)36-34-32-30-28-26-14-12-10-8-6-4-2/h26,28,34,36,39-40,43-44H,3-25,27,29-33,35,37-38H2,1-2H3,(H,42,45)/b28-26+,36-34+. The Morgan fingerprint density at radius 2 is 0.867 bits per heavy atom. The van der Waals surface area contributed by atoms with Crippen molar-refractivity contribution in [2.45, 2.75) is 225 Å². The maximum atomic E-state index is 12.3. The molecule has 0 rings (SSSR count). The summed E-state index contributed by atoms with van der Waals surface area (Å²) in [4.78, 5) is 12.3. The highest BCUT2D eigenvalue weighted by Gasteiger charge is 2.17. The largest absolute Gasteiger partial charge is 0.394 e. The Kier molecular flexibility index (Phi) is 36.4. The second-order valence-corrected chi connectivity index (χ2v) is 13.7. The van der Waals surface area contributed by atoms with Gasteiger partial charge in [-0.1, -0.05) is 199 Å². The van der Waals surface area contributed by atoms with Crippen LogP contribution in [0.4, 0.5) is 0 Å². The highest BCUT2D eigenvalue weighted by molar-refractivity contribution is 5.76. The quantitative estimate of drug-likeness (QED) is 0.0475. The van der Waals surface area contributed by atoms with Crippen LogP contribution in [0.2, 0.25) is 0 Å². The Balaban J connectivity index is 3.52. The van der Waals surface area contributed by atoms with Crippen LogP contribution < -0.4 is 5.32 Å². The molecule has 2 atom stereocenters. The van der Waals surface area contributed by atoms with Gasteiger partial charge in [0.25, 0.3) is 0 Å². The van der Waals surface area contributed by atoms with Crippen LogP contribution in [-0.4, -0.2) is 34.9 Å². The number of carbonyl (C=O) groups excluding carboxylic acids is 1. The van der Waals surface area contributed by atoms with Gasteiger partial charge >= 0.3 is 0 Å². The minimum atomic E-state index is -0.856. The lowest BCUT2D eigenvalue weighted by Gasteiger charge is -2.19. The van der Waals surface area contributed by atoms with Gasteiger partial charge in [0, 0.05) is 6.42 Å². The van der Waals surface area contributed by atoms with E-state index < -0.39 is 12.1 Å². The van der Waals surface area contributed by atoms with Gasteiger partial charge in [0.05, 0.1) is 18.8 Å². The first-order valence-corrected chi connectivity index (χ1v) is 20.1. The molecular weight excluding hydrogens is 554 g/mol. The maximum Gasteiger partial charge on any atom is 0.220 e. The number of hydrogen-bond acceptors (Lipinski definition) is 3. The number of allylic oxidation sites excluding steroid dienone is 3. The lowest BCUT2D eigenvalue weighted by molar-refractivity contribution is -0.123. The molecule has 0 fully saturated rings. The van der Waals surface area contributed by atoms with Gasteiger partial charge in [-0.15, -0.1) is 0 Å². The lowest BCUT2D eigenvalue weighted by atomic mass is 10.0. The summed E-state index contributed by atoms with van der Waals surface area (Å²) in [6, 6.07) is -0.632. The number of hydrogen-bond donors (Lipinski definition) is 3. The average molecular weight is 634 g/mol. The number of aliphatic hydroxyl groups is 2. The van der Waals surface area contributed by atoms with Crippen molar-refractivity contribution < 1.29 is 15.0 Å². The van der Waals surface area contributed by atoms with Gasteiger partial charge < -0.3 is 15.5 Å². The molecule has 0 aliphatic rings. The van der Waals surface area contributed by atoms with E-state index in [0.717, 1.165) is 32.1 Å². The van der Waals surface area contributed by atoms with Gasteiger partial charge in [-0.2, -0.15) is 0 Å². The SMILES string of the molecule is CCCCCCC/C=C/CC/C=C/C(O)C(CO)NC(=O)CCCCCCCCCCCCCCCCCCCCCCCC. The van der Waals surface area contributed by atoms with Crippen molar-refractivity contribution in [3.63, 3.8) is 0 Å². The Hall–Kier alpha value is -1.13. The third-order valence-electron chi connectivity index (χ3n) is 9.19. The van der Waals surface area contributed by atoms with Gasteiger partial charge in [0.1, 0.15) is 0 Å². The maximum absolute atomic E-state index is 12.3. The molecule has 0 aliphatic heterocycles. The number of unbranched alkanes of at least 4 members (excludes halogenated alkanes) is 27. The second-order valence-electron chi connectivity index (χ2n) is 13.7. The van der Waals surface area contributed by atoms with Crippen molar-refractivity contribution in [1.82, 2.24) is 5.32 Å². The van der Waals surface area contributed by atoms with E-state index in [1.165, 1.54) is 161 Å². The molecule has 0 bridgehead atoms. The molecule has 3 N–H and O–H groups in total. The van der Waals surface area contributed by atoms with Crippen molar-refractivity contribution in [2.75, 3.05) is 6.61 Å². The highest BCUT2D eigenvalue weighted by Crippen LogP contribution is 2.15. The Morgan fingerprint density at radius 3 is 1.29 bits per heavy atom. The van der Waals surface area contributed by atoms with Crippen LogP contribution in [0.25, 0.3) is 0 Å². The van der Waals surface area contributed by atoms with Crippen molar-refractivity contribution in [2.24, 2.45) is 0 Å². The summed E-state index contributed by atoms with van der Waals surface area (Å²) in [5.41, 5.74) is 0. The van der Waals surface area contributed by atoms with Gasteiger partial charge in [-0.05, 0) is 32.1 Å². The molecule has 4 heteroatoms. The molecule has 0 saturated heterocycles. The van der Waals surface area contributed by atoms with E-state index in [4.69, 9.17) is 0 Å². The zero-order chi connectivity index (χ0) is 32.9. The topological polar surface area (TPSA) is 69.6 Å². The monoisotopic (exact) mass is 634 g/mol. The first-order chi connectivity index (χ1) is 22.2. The smallest absolute Gasteiger partial charge is 0.220 e. The van der Waals surface area contributed by atoms with E-state index >= 15 is 0 Å². The first-order valence-electron chi connectivity index (χ1n) is 20.1. The fourth-order valence-corrected chi connectivity index (χ4v) is 6.08. The van der Waals surface area contributed by atoms with Gasteiger partial charge in [0.15, 0.2) is 0 Å². The molecule has 0 heterocycles. The molecule has 0 aromatic rings. The molecule has 266 valence electrons. The van der Waals surface area contributed by atoms with E-state index in [2.05, 4.69) is 31.3 Å². The summed E-state index contributed by atoms with van der Waals surface area (Å²) in [6.07, 6.45) is 47.1. The molecule has 0 aromatic carbocycles. The van der Waals surface area contributed by atoms with Crippen LogP contribution in [-0.2, 0) is 4.79 Å². The summed E-state index contributed by atoms with van der Waals surface area (Å²) in [5, 5.41) is 22.8. The van der Waals surface area contributed by atoms with Gasteiger partial charge in [0.2, 0.25) is 5.91 Å². The third-order valence-corrected chi connectivity index (χ3v) is 9.19. The van der Waals surface area contributed by atoms with E-state index in [-0.39, 0.29) is 12.5 Å². The Bertz CT molecular complexity index is 647. The fraction of sp³-hybridized carbons (Fsp3) is 0.878. The van der Waals surface area contributed by atoms with Crippen molar-refractivity contribution >= 4 is 5.91 Å². The van der Waals surface area contributed by atoms with E-state index in [0.29, 0.717) is 6.42 Å². The van der Waals surface area contributed by atoms with Gasteiger partial charge in [-0.3, -0.25) is 4.79 Å². The van der Waals surface area contributed by atoms with Crippen molar-refractivity contribution in [3.8, 4) is 0 Å². The van der Waals surface area contributed by atoms with Crippen molar-refractivity contribution in [3.05, 3.63) is 24.3 Å². The minimum Gasteiger partial charge on any atom is -0.394 e. The van der Waals surface area contributed by atoms with Crippen LogP contribution in [0.15, 0.2) is 24.3 Å². The minimum absolute atomic E-state index is 0.0727. The second kappa shape index (κ2) is 37.3. The molecule has 1 amide bonds. The molecule has 0 radical (unpaired) electrons. The molecule has 45 heavy (non-hydrogen) atoms. The summed E-state index contributed by atoms with van der Waals surface area (Å²) in [7, 11) is 0. The molecule has 0 aromatic heterocycles. The molecular formula is C41H79NO3. The van der Waals surface area contributed by atoms with E-state index in [1.807, 2.05) is 6.08 Å². The molecule has 0 saturated carbocycles. The summed E-state index contributed by atoms with van der Waals surface area (Å²) in [5.74, 6) is -0.0727. The number of carbonyl (C=O) groups is 1. The lowest BCUT2D eigenvalue weighted by Crippen LogP contribution is -2.45. The fourth-order valence-electron chi connectivity index (χ4n) is 6.08. The van der Waals surface area contributed by atoms with Crippen LogP contribution in [0.1, 0.15) is 213 Å². The van der Waals surface area contributed by atoms with E-state index in [9.17, 15) is 15.0 Å². The summed E-state index contributed by atoms with van der Waals surface area (Å²) >= 11 is 0. The highest BCUT2D eigenvalue weighted by atomic mass is 16.3. The molecule has 0 aliphatic carbocycles. The molecule has 2 unspecified atom stereocenters. The summed E-state index contributed by atoms with van der Waals surface area (Å²) in [6.45, 7) is 4.28. The average Bonchev–Trinajstić information content (AvgIpc) is 3.04. The third kappa shape index (κ3) is 34.0. The zero-order valence-electron chi connectivity index (χ0n) is 30.4. The van der Waals surface area contributed by atoms with Crippen LogP contribution in [0.5, 0.6) is 0 Å². The van der Waals surface area contributed by atoms with Crippen molar-refractivity contribution in [1.29, 1.82) is 0 Å².